The van der Waals surface area contributed by atoms with Gasteiger partial charge in [0.15, 0.2) is 0 Å². The zero-order chi connectivity index (χ0) is 14.5. The van der Waals surface area contributed by atoms with E-state index in [0.717, 1.165) is 18.0 Å². The fraction of sp³-hybridized carbons (Fsp3) is 0.167. The third kappa shape index (κ3) is 4.07. The van der Waals surface area contributed by atoms with E-state index in [1.807, 2.05) is 30.3 Å². The van der Waals surface area contributed by atoms with Crippen molar-refractivity contribution in [1.29, 1.82) is 0 Å². The van der Waals surface area contributed by atoms with Crippen molar-refractivity contribution < 1.29 is 0 Å². The number of hydrogen-bond acceptors (Lipinski definition) is 0. The summed E-state index contributed by atoms with van der Waals surface area (Å²) >= 11 is 3.59. The van der Waals surface area contributed by atoms with E-state index < -0.39 is 0 Å². The molecule has 0 amide bonds. The molecule has 0 atom stereocenters. The van der Waals surface area contributed by atoms with E-state index in [9.17, 15) is 0 Å². The summed E-state index contributed by atoms with van der Waals surface area (Å²) in [5.74, 6) is 6.36. The second kappa shape index (κ2) is 6.89. The van der Waals surface area contributed by atoms with Gasteiger partial charge in [-0.25, -0.2) is 0 Å². The average Bonchev–Trinajstić information content (AvgIpc) is 2.42. The molecule has 0 saturated carbocycles. The fourth-order valence-corrected chi connectivity index (χ4v) is 3.54. The Morgan fingerprint density at radius 3 is 2.20 bits per heavy atom. The van der Waals surface area contributed by atoms with Gasteiger partial charge in [0.25, 0.3) is 0 Å². The molecular formula is C18H16BrP. The van der Waals surface area contributed by atoms with Crippen molar-refractivity contribution in [3.63, 3.8) is 0 Å². The molecule has 0 aromatic heterocycles. The van der Waals surface area contributed by atoms with Crippen LogP contribution in [0.2, 0.25) is 0 Å². The number of benzene rings is 2. The van der Waals surface area contributed by atoms with Crippen LogP contribution in [0.25, 0.3) is 0 Å². The summed E-state index contributed by atoms with van der Waals surface area (Å²) in [6, 6.07) is 14.5. The number of rotatable bonds is 1. The molecule has 0 aliphatic heterocycles. The summed E-state index contributed by atoms with van der Waals surface area (Å²) in [7, 11) is 1.13. The molecule has 0 aliphatic rings. The van der Waals surface area contributed by atoms with Crippen LogP contribution in [0.15, 0.2) is 42.5 Å². The van der Waals surface area contributed by atoms with Crippen molar-refractivity contribution in [1.82, 2.24) is 0 Å². The van der Waals surface area contributed by atoms with E-state index in [1.165, 1.54) is 22.0 Å². The Bertz CT molecular complexity index is 680. The molecule has 0 aliphatic carbocycles. The second-order valence-electron chi connectivity index (χ2n) is 4.77. The Labute approximate surface area is 131 Å². The minimum absolute atomic E-state index is 0.997. The van der Waals surface area contributed by atoms with Crippen molar-refractivity contribution in [2.75, 3.05) is 0 Å². The first-order valence-corrected chi connectivity index (χ1v) is 8.14. The molecular weight excluding hydrogens is 327 g/mol. The molecule has 0 saturated heterocycles. The van der Waals surface area contributed by atoms with Gasteiger partial charge in [0.05, 0.1) is 4.20 Å². The quantitative estimate of drug-likeness (QED) is 0.517. The molecule has 0 bridgehead atoms. The zero-order valence-corrected chi connectivity index (χ0v) is 14.3. The van der Waals surface area contributed by atoms with E-state index in [1.54, 1.807) is 0 Å². The van der Waals surface area contributed by atoms with Gasteiger partial charge in [-0.15, -0.1) is 0 Å². The molecule has 0 fully saturated rings. The molecule has 0 heterocycles. The summed E-state index contributed by atoms with van der Waals surface area (Å²) in [5, 5.41) is 1.34. The van der Waals surface area contributed by atoms with Crippen LogP contribution in [0.5, 0.6) is 0 Å². The lowest BCUT2D eigenvalue weighted by Crippen LogP contribution is -2.04. The van der Waals surface area contributed by atoms with Gasteiger partial charge < -0.3 is 0 Å². The fourth-order valence-electron chi connectivity index (χ4n) is 2.12. The van der Waals surface area contributed by atoms with Crippen LogP contribution in [0.3, 0.4) is 0 Å². The largest absolute Gasteiger partial charge is 0.0951 e. The lowest BCUT2D eigenvalue weighted by molar-refractivity contribution is 1.36. The van der Waals surface area contributed by atoms with Crippen LogP contribution in [0.1, 0.15) is 22.3 Å². The third-order valence-electron chi connectivity index (χ3n) is 2.93. The molecule has 2 aromatic carbocycles. The highest BCUT2D eigenvalue weighted by Crippen LogP contribution is 2.15. The summed E-state index contributed by atoms with van der Waals surface area (Å²) in [6.07, 6.45) is 0. The standard InChI is InChI=1S/C18H16BrP/c1-13-11-14(2)18(15(3)12-13)20-17(19)10-9-16-7-5-4-6-8-16/h4-8,11-12H,1-3H3. The summed E-state index contributed by atoms with van der Waals surface area (Å²) < 4.78 is 0.997. The van der Waals surface area contributed by atoms with Gasteiger partial charge >= 0.3 is 0 Å². The molecule has 0 nitrogen and oxygen atoms in total. The Balaban J connectivity index is 2.31. The van der Waals surface area contributed by atoms with Crippen molar-refractivity contribution >= 4 is 33.6 Å². The number of hydrogen-bond donors (Lipinski definition) is 0. The van der Waals surface area contributed by atoms with Crippen molar-refractivity contribution in [2.45, 2.75) is 20.8 Å². The first-order valence-electron chi connectivity index (χ1n) is 6.45. The van der Waals surface area contributed by atoms with Gasteiger partial charge in [-0.3, -0.25) is 0 Å². The molecule has 0 radical (unpaired) electrons. The first-order chi connectivity index (χ1) is 9.56. The highest BCUT2D eigenvalue weighted by atomic mass is 79.9. The van der Waals surface area contributed by atoms with Crippen LogP contribution in [-0.2, 0) is 0 Å². The Kier molecular flexibility index (Phi) is 5.18. The molecule has 0 N–H and O–H groups in total. The summed E-state index contributed by atoms with van der Waals surface area (Å²) in [6.45, 7) is 6.45. The molecule has 100 valence electrons. The van der Waals surface area contributed by atoms with E-state index >= 15 is 0 Å². The van der Waals surface area contributed by atoms with Crippen LogP contribution in [-0.4, -0.2) is 4.20 Å². The minimum Gasteiger partial charge on any atom is -0.0622 e. The van der Waals surface area contributed by atoms with Gasteiger partial charge in [0, 0.05) is 10.9 Å². The topological polar surface area (TPSA) is 0 Å². The Morgan fingerprint density at radius 2 is 1.60 bits per heavy atom. The number of aryl methyl sites for hydroxylation is 3. The van der Waals surface area contributed by atoms with Gasteiger partial charge in [-0.2, -0.15) is 0 Å². The average molecular weight is 343 g/mol. The Hall–Kier alpha value is -1.35. The third-order valence-corrected chi connectivity index (χ3v) is 4.90. The molecule has 2 heteroatoms. The lowest BCUT2D eigenvalue weighted by atomic mass is 10.1. The van der Waals surface area contributed by atoms with Gasteiger partial charge in [-0.1, -0.05) is 41.8 Å². The molecule has 2 rings (SSSR count). The maximum atomic E-state index is 3.59. The van der Waals surface area contributed by atoms with E-state index in [2.05, 4.69) is 60.7 Å². The van der Waals surface area contributed by atoms with Crippen LogP contribution in [0.4, 0.5) is 0 Å². The maximum absolute atomic E-state index is 3.59. The van der Waals surface area contributed by atoms with E-state index in [0.29, 0.717) is 0 Å². The SMILES string of the molecule is Cc1cc(C)c(P=C(Br)C#Cc2ccccc2)c(C)c1. The van der Waals surface area contributed by atoms with Crippen LogP contribution >= 0.6 is 24.1 Å². The van der Waals surface area contributed by atoms with Gasteiger partial charge in [0.2, 0.25) is 0 Å². The maximum Gasteiger partial charge on any atom is 0.0951 e. The normalized spacial score (nSPS) is 10.9. The monoisotopic (exact) mass is 342 g/mol. The predicted octanol–water partition coefficient (Wildman–Crippen LogP) is 4.76. The molecule has 0 spiro atoms. The van der Waals surface area contributed by atoms with Crippen LogP contribution < -0.4 is 5.30 Å². The molecule has 2 aromatic rings. The first kappa shape index (κ1) is 15.0. The molecule has 20 heavy (non-hydrogen) atoms. The summed E-state index contributed by atoms with van der Waals surface area (Å²) in [5.41, 5.74) is 4.99. The van der Waals surface area contributed by atoms with Crippen molar-refractivity contribution in [2.24, 2.45) is 0 Å². The minimum atomic E-state index is 0.997. The predicted molar refractivity (Wildman–Crippen MR) is 94.5 cm³/mol. The van der Waals surface area contributed by atoms with E-state index in [4.69, 9.17) is 0 Å². The highest BCUT2D eigenvalue weighted by Gasteiger charge is 2.02. The van der Waals surface area contributed by atoms with Gasteiger partial charge in [-0.05, 0) is 74.1 Å². The zero-order valence-electron chi connectivity index (χ0n) is 11.9. The molecule has 0 unspecified atom stereocenters. The van der Waals surface area contributed by atoms with Crippen LogP contribution in [0, 0.1) is 32.6 Å². The van der Waals surface area contributed by atoms with Crippen molar-refractivity contribution in [3.05, 3.63) is 64.7 Å². The van der Waals surface area contributed by atoms with Gasteiger partial charge in [0.1, 0.15) is 0 Å². The second-order valence-corrected chi connectivity index (χ2v) is 7.29. The van der Waals surface area contributed by atoms with Crippen molar-refractivity contribution in [3.8, 4) is 11.8 Å². The van der Waals surface area contributed by atoms with E-state index in [-0.39, 0.29) is 0 Å². The number of halogens is 1. The summed E-state index contributed by atoms with van der Waals surface area (Å²) in [4.78, 5) is 0. The lowest BCUT2D eigenvalue weighted by Gasteiger charge is -2.06. The highest BCUT2D eigenvalue weighted by molar-refractivity contribution is 9.19. The Morgan fingerprint density at radius 1 is 1.00 bits per heavy atom. The smallest absolute Gasteiger partial charge is 0.0622 e.